The SMILES string of the molecule is COc1ccc(C(=O)N2CCC(CO)(S(N)=O)C2)cc1. The van der Waals surface area contributed by atoms with Gasteiger partial charge in [0.25, 0.3) is 5.91 Å². The van der Waals surface area contributed by atoms with Gasteiger partial charge in [-0.3, -0.25) is 9.93 Å². The third-order valence-electron chi connectivity index (χ3n) is 3.66. The predicted octanol–water partition coefficient (Wildman–Crippen LogP) is -0.105. The molecule has 1 heterocycles. The molecule has 1 aromatic rings. The molecule has 6 nitrogen and oxygen atoms in total. The molecule has 0 radical (unpaired) electrons. The van der Waals surface area contributed by atoms with Crippen molar-refractivity contribution in [3.8, 4) is 5.75 Å². The minimum Gasteiger partial charge on any atom is -0.497 e. The van der Waals surface area contributed by atoms with Crippen LogP contribution in [0, 0.1) is 0 Å². The van der Waals surface area contributed by atoms with E-state index in [-0.39, 0.29) is 19.1 Å². The maximum Gasteiger partial charge on any atom is 0.253 e. The number of rotatable bonds is 4. The summed E-state index contributed by atoms with van der Waals surface area (Å²) in [6, 6.07) is 6.78. The number of hydrogen-bond acceptors (Lipinski definition) is 4. The highest BCUT2D eigenvalue weighted by Crippen LogP contribution is 2.27. The van der Waals surface area contributed by atoms with Crippen LogP contribution in [-0.2, 0) is 11.0 Å². The Morgan fingerprint density at radius 2 is 2.15 bits per heavy atom. The number of methoxy groups -OCH3 is 1. The van der Waals surface area contributed by atoms with Gasteiger partial charge in [0.15, 0.2) is 0 Å². The molecule has 2 unspecified atom stereocenters. The molecule has 2 atom stereocenters. The standard InChI is InChI=1S/C13H18N2O4S/c1-19-11-4-2-10(3-5-11)12(17)15-7-6-13(8-15,9-16)20(14)18/h2-5,16H,6-9,14H2,1H3. The quantitative estimate of drug-likeness (QED) is 0.811. The molecule has 2 rings (SSSR count). The number of aliphatic hydroxyl groups is 1. The van der Waals surface area contributed by atoms with Crippen molar-refractivity contribution in [1.29, 1.82) is 0 Å². The number of aliphatic hydroxyl groups excluding tert-OH is 1. The molecule has 110 valence electrons. The Balaban J connectivity index is 2.12. The molecule has 1 aromatic carbocycles. The fraction of sp³-hybridized carbons (Fsp3) is 0.462. The van der Waals surface area contributed by atoms with E-state index in [2.05, 4.69) is 0 Å². The molecule has 0 bridgehead atoms. The van der Waals surface area contributed by atoms with E-state index in [0.717, 1.165) is 0 Å². The molecule has 7 heteroatoms. The molecule has 3 N–H and O–H groups in total. The molecule has 1 saturated heterocycles. The number of amides is 1. The van der Waals surface area contributed by atoms with Crippen molar-refractivity contribution in [3.05, 3.63) is 29.8 Å². The lowest BCUT2D eigenvalue weighted by atomic mass is 10.1. The van der Waals surface area contributed by atoms with Crippen molar-refractivity contribution in [2.45, 2.75) is 11.2 Å². The number of likely N-dealkylation sites (tertiary alicyclic amines) is 1. The second-order valence-electron chi connectivity index (χ2n) is 4.84. The Labute approximate surface area is 120 Å². The minimum absolute atomic E-state index is 0.159. The fourth-order valence-corrected chi connectivity index (χ4v) is 2.99. The van der Waals surface area contributed by atoms with Gasteiger partial charge >= 0.3 is 0 Å². The van der Waals surface area contributed by atoms with E-state index in [0.29, 0.717) is 24.3 Å². The van der Waals surface area contributed by atoms with Crippen LogP contribution in [0.15, 0.2) is 24.3 Å². The Morgan fingerprint density at radius 1 is 1.50 bits per heavy atom. The number of benzene rings is 1. The molecular formula is C13H18N2O4S. The summed E-state index contributed by atoms with van der Waals surface area (Å²) >= 11 is 0. The number of nitrogens with two attached hydrogens (primary N) is 1. The van der Waals surface area contributed by atoms with Gasteiger partial charge in [-0.2, -0.15) is 0 Å². The largest absolute Gasteiger partial charge is 0.497 e. The number of nitrogens with zero attached hydrogens (tertiary/aromatic N) is 1. The predicted molar refractivity (Wildman–Crippen MR) is 75.7 cm³/mol. The number of hydrogen-bond donors (Lipinski definition) is 2. The summed E-state index contributed by atoms with van der Waals surface area (Å²) in [5.41, 5.74) is 0.530. The first-order chi connectivity index (χ1) is 9.52. The van der Waals surface area contributed by atoms with Gasteiger partial charge in [-0.05, 0) is 30.7 Å². The average Bonchev–Trinajstić information content (AvgIpc) is 2.92. The van der Waals surface area contributed by atoms with Crippen molar-refractivity contribution in [3.63, 3.8) is 0 Å². The van der Waals surface area contributed by atoms with Crippen molar-refractivity contribution in [1.82, 2.24) is 4.90 Å². The van der Waals surface area contributed by atoms with Gasteiger partial charge in [0.2, 0.25) is 0 Å². The van der Waals surface area contributed by atoms with E-state index >= 15 is 0 Å². The first-order valence-corrected chi connectivity index (χ1v) is 7.44. The maximum atomic E-state index is 12.3. The van der Waals surface area contributed by atoms with Crippen molar-refractivity contribution >= 4 is 16.9 Å². The first-order valence-electron chi connectivity index (χ1n) is 6.23. The van der Waals surface area contributed by atoms with Crippen LogP contribution in [0.1, 0.15) is 16.8 Å². The second-order valence-corrected chi connectivity index (χ2v) is 6.30. The zero-order chi connectivity index (χ0) is 14.8. The molecule has 1 amide bonds. The van der Waals surface area contributed by atoms with E-state index in [1.165, 1.54) is 0 Å². The summed E-state index contributed by atoms with van der Waals surface area (Å²) in [6.07, 6.45) is 0.439. The van der Waals surface area contributed by atoms with E-state index in [9.17, 15) is 14.1 Å². The third kappa shape index (κ3) is 2.70. The average molecular weight is 298 g/mol. The lowest BCUT2D eigenvalue weighted by Crippen LogP contribution is -2.45. The molecule has 0 spiro atoms. The van der Waals surface area contributed by atoms with Crippen molar-refractivity contribution in [2.24, 2.45) is 5.14 Å². The van der Waals surface area contributed by atoms with E-state index in [1.54, 1.807) is 36.3 Å². The lowest BCUT2D eigenvalue weighted by Gasteiger charge is -2.23. The number of carbonyl (C=O) groups excluding carboxylic acids is 1. The fourth-order valence-electron chi connectivity index (χ4n) is 2.29. The van der Waals surface area contributed by atoms with E-state index in [4.69, 9.17) is 9.88 Å². The summed E-state index contributed by atoms with van der Waals surface area (Å²) in [7, 11) is -0.103. The zero-order valence-electron chi connectivity index (χ0n) is 11.2. The Kier molecular flexibility index (Phi) is 4.42. The highest BCUT2D eigenvalue weighted by atomic mass is 32.2. The maximum absolute atomic E-state index is 12.3. The topological polar surface area (TPSA) is 92.9 Å². The summed E-state index contributed by atoms with van der Waals surface area (Å²) in [5, 5.41) is 14.8. The number of ether oxygens (including phenoxy) is 1. The molecule has 1 aliphatic heterocycles. The van der Waals surface area contributed by atoms with Crippen LogP contribution >= 0.6 is 0 Å². The van der Waals surface area contributed by atoms with Gasteiger partial charge in [-0.15, -0.1) is 0 Å². The van der Waals surface area contributed by atoms with Gasteiger partial charge in [-0.1, -0.05) is 0 Å². The molecular weight excluding hydrogens is 280 g/mol. The lowest BCUT2D eigenvalue weighted by molar-refractivity contribution is 0.0785. The molecule has 0 aromatic heterocycles. The van der Waals surface area contributed by atoms with Crippen LogP contribution in [0.25, 0.3) is 0 Å². The highest BCUT2D eigenvalue weighted by Gasteiger charge is 2.43. The van der Waals surface area contributed by atoms with E-state index in [1.807, 2.05) is 0 Å². The Hall–Kier alpha value is -1.44. The van der Waals surface area contributed by atoms with Crippen LogP contribution in [-0.4, -0.2) is 51.7 Å². The smallest absolute Gasteiger partial charge is 0.253 e. The van der Waals surface area contributed by atoms with Crippen LogP contribution in [0.3, 0.4) is 0 Å². The Bertz CT molecular complexity index is 520. The van der Waals surface area contributed by atoms with Crippen molar-refractivity contribution in [2.75, 3.05) is 26.8 Å². The second kappa shape index (κ2) is 5.90. The minimum atomic E-state index is -1.66. The summed E-state index contributed by atoms with van der Waals surface area (Å²) in [5.74, 6) is 0.518. The van der Waals surface area contributed by atoms with Gasteiger partial charge in [0.05, 0.1) is 24.7 Å². The van der Waals surface area contributed by atoms with Crippen LogP contribution in [0.4, 0.5) is 0 Å². The molecule has 1 aliphatic rings. The van der Waals surface area contributed by atoms with Crippen LogP contribution in [0.5, 0.6) is 5.75 Å². The third-order valence-corrected chi connectivity index (χ3v) is 4.97. The highest BCUT2D eigenvalue weighted by molar-refractivity contribution is 7.84. The molecule has 0 aliphatic carbocycles. The molecule has 0 saturated carbocycles. The summed E-state index contributed by atoms with van der Waals surface area (Å²) in [6.45, 7) is 0.355. The molecule has 1 fully saturated rings. The molecule has 20 heavy (non-hydrogen) atoms. The summed E-state index contributed by atoms with van der Waals surface area (Å²) in [4.78, 5) is 13.9. The van der Waals surface area contributed by atoms with Gasteiger partial charge < -0.3 is 14.7 Å². The van der Waals surface area contributed by atoms with Gasteiger partial charge in [0, 0.05) is 18.7 Å². The summed E-state index contributed by atoms with van der Waals surface area (Å²) < 4.78 is 15.7. The van der Waals surface area contributed by atoms with Crippen LogP contribution in [0.2, 0.25) is 0 Å². The normalized spacial score (nSPS) is 23.6. The first kappa shape index (κ1) is 15.0. The van der Waals surface area contributed by atoms with Crippen LogP contribution < -0.4 is 9.88 Å². The van der Waals surface area contributed by atoms with Gasteiger partial charge in [-0.25, -0.2) is 4.21 Å². The van der Waals surface area contributed by atoms with E-state index < -0.39 is 15.7 Å². The monoisotopic (exact) mass is 298 g/mol. The zero-order valence-corrected chi connectivity index (χ0v) is 12.1. The number of carbonyl (C=O) groups is 1. The Morgan fingerprint density at radius 3 is 2.60 bits per heavy atom. The van der Waals surface area contributed by atoms with Gasteiger partial charge in [0.1, 0.15) is 10.5 Å². The van der Waals surface area contributed by atoms with Crippen molar-refractivity contribution < 1.29 is 18.8 Å².